The highest BCUT2D eigenvalue weighted by Gasteiger charge is 2.31. The first-order chi connectivity index (χ1) is 16.2. The summed E-state index contributed by atoms with van der Waals surface area (Å²) in [6.07, 6.45) is 3.60. The van der Waals surface area contributed by atoms with Crippen LogP contribution in [-0.4, -0.2) is 48.5 Å². The van der Waals surface area contributed by atoms with E-state index in [0.29, 0.717) is 6.29 Å². The van der Waals surface area contributed by atoms with Gasteiger partial charge in [0.25, 0.3) is 5.91 Å². The lowest BCUT2D eigenvalue weighted by atomic mass is 9.91. The summed E-state index contributed by atoms with van der Waals surface area (Å²) in [7, 11) is 1.39. The number of pyridine rings is 1. The molecule has 0 bridgehead atoms. The van der Waals surface area contributed by atoms with Crippen LogP contribution in [0.25, 0.3) is 6.08 Å². The van der Waals surface area contributed by atoms with Crippen molar-refractivity contribution in [2.75, 3.05) is 13.7 Å². The molecule has 2 rings (SSSR count). The molecule has 0 aliphatic rings. The standard InChI is InChI=1S/C26H32N2O6/c1-7-19-11-9-10-12-20(19)17(3)18(4)33-16-26(5,15-29)28-25(31)23-24(34-22(30)8-2)21(32-6)13-14-27-23/h7,9-15,17-18H,1,8,16H2,2-6H3,(H,28,31)/t17-,18+,26-/m1/s1. The first kappa shape index (κ1) is 26.7. The monoisotopic (exact) mass is 468 g/mol. The number of methoxy groups -OCH3 is 1. The highest BCUT2D eigenvalue weighted by molar-refractivity contribution is 5.98. The third-order valence-corrected chi connectivity index (χ3v) is 5.52. The second-order valence-electron chi connectivity index (χ2n) is 8.15. The molecule has 1 heterocycles. The van der Waals surface area contributed by atoms with Crippen LogP contribution in [0, 0.1) is 0 Å². The first-order valence-electron chi connectivity index (χ1n) is 11.0. The lowest BCUT2D eigenvalue weighted by Crippen LogP contribution is -2.51. The summed E-state index contributed by atoms with van der Waals surface area (Å²) in [5.74, 6) is -1.17. The molecule has 0 aliphatic carbocycles. The zero-order valence-electron chi connectivity index (χ0n) is 20.3. The summed E-state index contributed by atoms with van der Waals surface area (Å²) in [4.78, 5) is 40.8. The number of carbonyl (C=O) groups excluding carboxylic acids is 3. The van der Waals surface area contributed by atoms with Crippen LogP contribution in [0.1, 0.15) is 61.6 Å². The van der Waals surface area contributed by atoms with Gasteiger partial charge in [0.2, 0.25) is 5.75 Å². The summed E-state index contributed by atoms with van der Waals surface area (Å²) >= 11 is 0. The van der Waals surface area contributed by atoms with Crippen molar-refractivity contribution in [2.24, 2.45) is 0 Å². The molecule has 0 saturated carbocycles. The van der Waals surface area contributed by atoms with Gasteiger partial charge in [0, 0.05) is 24.6 Å². The topological polar surface area (TPSA) is 104 Å². The van der Waals surface area contributed by atoms with Crippen molar-refractivity contribution >= 4 is 24.2 Å². The van der Waals surface area contributed by atoms with Gasteiger partial charge in [0.1, 0.15) is 11.8 Å². The lowest BCUT2D eigenvalue weighted by molar-refractivity contribution is -0.134. The summed E-state index contributed by atoms with van der Waals surface area (Å²) in [6.45, 7) is 10.9. The van der Waals surface area contributed by atoms with E-state index in [2.05, 4.69) is 16.9 Å². The maximum Gasteiger partial charge on any atom is 0.311 e. The molecule has 0 unspecified atom stereocenters. The molecule has 1 amide bonds. The molecular formula is C26H32N2O6. The quantitative estimate of drug-likeness (QED) is 0.372. The molecule has 2 aromatic rings. The van der Waals surface area contributed by atoms with Gasteiger partial charge in [-0.25, -0.2) is 4.98 Å². The number of hydrogen-bond acceptors (Lipinski definition) is 7. The second-order valence-corrected chi connectivity index (χ2v) is 8.15. The van der Waals surface area contributed by atoms with E-state index in [1.807, 2.05) is 38.1 Å². The molecule has 8 nitrogen and oxygen atoms in total. The summed E-state index contributed by atoms with van der Waals surface area (Å²) in [5, 5.41) is 2.64. The fourth-order valence-electron chi connectivity index (χ4n) is 3.27. The van der Waals surface area contributed by atoms with Crippen LogP contribution in [-0.2, 0) is 14.3 Å². The van der Waals surface area contributed by atoms with E-state index in [0.717, 1.165) is 11.1 Å². The van der Waals surface area contributed by atoms with Crippen molar-refractivity contribution in [3.8, 4) is 11.5 Å². The molecular weight excluding hydrogens is 436 g/mol. The van der Waals surface area contributed by atoms with Gasteiger partial charge in [-0.05, 0) is 25.0 Å². The third kappa shape index (κ3) is 6.51. The molecule has 1 aromatic carbocycles. The smallest absolute Gasteiger partial charge is 0.311 e. The highest BCUT2D eigenvalue weighted by atomic mass is 16.6. The number of hydrogen-bond donors (Lipinski definition) is 1. The molecule has 1 N–H and O–H groups in total. The summed E-state index contributed by atoms with van der Waals surface area (Å²) in [6, 6.07) is 9.35. The van der Waals surface area contributed by atoms with Gasteiger partial charge in [-0.1, -0.05) is 50.8 Å². The van der Waals surface area contributed by atoms with Crippen LogP contribution in [0.15, 0.2) is 43.1 Å². The number of aldehydes is 1. The Morgan fingerprint density at radius 3 is 2.56 bits per heavy atom. The van der Waals surface area contributed by atoms with E-state index in [1.165, 1.54) is 19.4 Å². The zero-order valence-corrected chi connectivity index (χ0v) is 20.3. The fourth-order valence-corrected chi connectivity index (χ4v) is 3.27. The van der Waals surface area contributed by atoms with Crippen LogP contribution < -0.4 is 14.8 Å². The van der Waals surface area contributed by atoms with E-state index < -0.39 is 17.4 Å². The average molecular weight is 469 g/mol. The van der Waals surface area contributed by atoms with Gasteiger partial charge < -0.3 is 24.3 Å². The SMILES string of the molecule is C=Cc1ccccc1[C@H](C)[C@H](C)OC[C@@](C)(C=O)NC(=O)c1nccc(OC)c1OC(=O)CC. The van der Waals surface area contributed by atoms with Crippen molar-refractivity contribution in [3.05, 3.63) is 59.9 Å². The predicted octanol–water partition coefficient (Wildman–Crippen LogP) is 3.94. The number of aromatic nitrogens is 1. The predicted molar refractivity (Wildman–Crippen MR) is 129 cm³/mol. The maximum absolute atomic E-state index is 13.0. The molecule has 0 saturated heterocycles. The Hall–Kier alpha value is -3.52. The van der Waals surface area contributed by atoms with Crippen LogP contribution in [0.2, 0.25) is 0 Å². The number of nitrogens with one attached hydrogen (secondary N) is 1. The van der Waals surface area contributed by atoms with Crippen molar-refractivity contribution in [1.29, 1.82) is 0 Å². The molecule has 0 aliphatic heterocycles. The van der Waals surface area contributed by atoms with E-state index in [4.69, 9.17) is 14.2 Å². The van der Waals surface area contributed by atoms with E-state index in [-0.39, 0.29) is 42.2 Å². The van der Waals surface area contributed by atoms with Gasteiger partial charge in [-0.15, -0.1) is 0 Å². The zero-order chi connectivity index (χ0) is 25.3. The van der Waals surface area contributed by atoms with Gasteiger partial charge >= 0.3 is 5.97 Å². The number of amides is 1. The Balaban J connectivity index is 2.17. The molecule has 34 heavy (non-hydrogen) atoms. The minimum atomic E-state index is -1.35. The Labute approximate surface area is 200 Å². The number of rotatable bonds is 12. The molecule has 0 fully saturated rings. The Bertz CT molecular complexity index is 1040. The largest absolute Gasteiger partial charge is 0.493 e. The van der Waals surface area contributed by atoms with Crippen LogP contribution in [0.5, 0.6) is 11.5 Å². The van der Waals surface area contributed by atoms with Crippen LogP contribution >= 0.6 is 0 Å². The number of nitrogens with zero attached hydrogens (tertiary/aromatic N) is 1. The molecule has 8 heteroatoms. The number of esters is 1. The second kappa shape index (κ2) is 12.1. The van der Waals surface area contributed by atoms with Gasteiger partial charge in [-0.3, -0.25) is 9.59 Å². The Kier molecular flexibility index (Phi) is 9.50. The summed E-state index contributed by atoms with van der Waals surface area (Å²) < 4.78 is 16.5. The van der Waals surface area contributed by atoms with Gasteiger partial charge in [-0.2, -0.15) is 0 Å². The van der Waals surface area contributed by atoms with Gasteiger partial charge in [0.15, 0.2) is 11.4 Å². The Morgan fingerprint density at radius 1 is 1.24 bits per heavy atom. The van der Waals surface area contributed by atoms with Crippen molar-refractivity contribution in [2.45, 2.75) is 51.7 Å². The molecule has 0 spiro atoms. The number of carbonyl (C=O) groups is 3. The summed E-state index contributed by atoms with van der Waals surface area (Å²) in [5.41, 5.74) is 0.565. The third-order valence-electron chi connectivity index (χ3n) is 5.52. The van der Waals surface area contributed by atoms with E-state index in [9.17, 15) is 14.4 Å². The van der Waals surface area contributed by atoms with Crippen molar-refractivity contribution in [1.82, 2.24) is 10.3 Å². The molecule has 0 radical (unpaired) electrons. The molecule has 1 aromatic heterocycles. The minimum absolute atomic E-state index is 0.0147. The first-order valence-corrected chi connectivity index (χ1v) is 11.0. The Morgan fingerprint density at radius 2 is 1.94 bits per heavy atom. The maximum atomic E-state index is 13.0. The van der Waals surface area contributed by atoms with E-state index >= 15 is 0 Å². The average Bonchev–Trinajstić information content (AvgIpc) is 2.86. The normalized spacial score (nSPS) is 14.3. The lowest BCUT2D eigenvalue weighted by Gasteiger charge is -2.29. The van der Waals surface area contributed by atoms with E-state index in [1.54, 1.807) is 19.9 Å². The minimum Gasteiger partial charge on any atom is -0.493 e. The number of benzene rings is 1. The van der Waals surface area contributed by atoms with Crippen LogP contribution in [0.4, 0.5) is 0 Å². The van der Waals surface area contributed by atoms with Crippen molar-refractivity contribution in [3.63, 3.8) is 0 Å². The van der Waals surface area contributed by atoms with Crippen LogP contribution in [0.3, 0.4) is 0 Å². The van der Waals surface area contributed by atoms with Crippen molar-refractivity contribution < 1.29 is 28.6 Å². The molecule has 182 valence electrons. The highest BCUT2D eigenvalue weighted by Crippen LogP contribution is 2.30. The van der Waals surface area contributed by atoms with Gasteiger partial charge in [0.05, 0.1) is 19.8 Å². The molecule has 3 atom stereocenters. The fraction of sp³-hybridized carbons (Fsp3) is 0.385. The number of ether oxygens (including phenoxy) is 3.